The van der Waals surface area contributed by atoms with Crippen molar-refractivity contribution in [2.45, 2.75) is 31.6 Å². The molecule has 1 atom stereocenters. The fourth-order valence-electron chi connectivity index (χ4n) is 2.87. The summed E-state index contributed by atoms with van der Waals surface area (Å²) >= 11 is 6.08. The monoisotopic (exact) mass is 237 g/mol. The average Bonchev–Trinajstić information content (AvgIpc) is 2.79. The van der Waals surface area contributed by atoms with E-state index in [-0.39, 0.29) is 0 Å². The smallest absolute Gasteiger partial charge is 0.0408 e. The molecule has 1 aliphatic rings. The number of benzene rings is 1. The van der Waals surface area contributed by atoms with E-state index in [4.69, 9.17) is 11.6 Å². The van der Waals surface area contributed by atoms with Crippen molar-refractivity contribution >= 4 is 11.6 Å². The number of rotatable bonds is 4. The summed E-state index contributed by atoms with van der Waals surface area (Å²) in [7, 11) is 2.03. The summed E-state index contributed by atoms with van der Waals surface area (Å²) in [6, 6.07) is 8.36. The second kappa shape index (κ2) is 5.70. The van der Waals surface area contributed by atoms with Crippen LogP contribution in [0.25, 0.3) is 0 Å². The molecule has 0 bridgehead atoms. The Labute approximate surface area is 103 Å². The van der Waals surface area contributed by atoms with Gasteiger partial charge in [0.1, 0.15) is 0 Å². The molecule has 0 amide bonds. The van der Waals surface area contributed by atoms with E-state index < -0.39 is 0 Å². The molecular weight excluding hydrogens is 218 g/mol. The Bertz CT molecular complexity index is 331. The van der Waals surface area contributed by atoms with Gasteiger partial charge in [-0.15, -0.1) is 0 Å². The van der Waals surface area contributed by atoms with Crippen molar-refractivity contribution in [2.24, 2.45) is 5.92 Å². The highest BCUT2D eigenvalue weighted by Gasteiger charge is 2.25. The third kappa shape index (κ3) is 2.78. The van der Waals surface area contributed by atoms with Gasteiger partial charge in [-0.05, 0) is 49.4 Å². The molecule has 2 rings (SSSR count). The predicted octanol–water partition coefficient (Wildman–Crippen LogP) is 3.83. The number of halogens is 1. The molecule has 1 fully saturated rings. The van der Waals surface area contributed by atoms with E-state index >= 15 is 0 Å². The van der Waals surface area contributed by atoms with Gasteiger partial charge in [-0.1, -0.05) is 36.6 Å². The molecule has 0 aliphatic heterocycles. The molecule has 1 unspecified atom stereocenters. The van der Waals surface area contributed by atoms with Crippen LogP contribution in [0, 0.1) is 5.92 Å². The van der Waals surface area contributed by atoms with Crippen molar-refractivity contribution in [3.05, 3.63) is 34.9 Å². The van der Waals surface area contributed by atoms with Crippen LogP contribution in [0.4, 0.5) is 0 Å². The first-order chi connectivity index (χ1) is 7.81. The maximum atomic E-state index is 6.08. The van der Waals surface area contributed by atoms with Crippen LogP contribution in [0.2, 0.25) is 5.02 Å². The van der Waals surface area contributed by atoms with Gasteiger partial charge in [0, 0.05) is 11.6 Å². The third-order valence-electron chi connectivity index (χ3n) is 3.67. The largest absolute Gasteiger partial charge is 0.319 e. The Balaban J connectivity index is 2.17. The van der Waals surface area contributed by atoms with Crippen LogP contribution in [0.3, 0.4) is 0 Å². The van der Waals surface area contributed by atoms with Gasteiger partial charge in [-0.25, -0.2) is 0 Å². The van der Waals surface area contributed by atoms with E-state index in [9.17, 15) is 0 Å². The van der Waals surface area contributed by atoms with E-state index in [1.807, 2.05) is 13.1 Å². The van der Waals surface area contributed by atoms with Crippen LogP contribution in [0.5, 0.6) is 0 Å². The minimum Gasteiger partial charge on any atom is -0.319 e. The topological polar surface area (TPSA) is 12.0 Å². The van der Waals surface area contributed by atoms with Gasteiger partial charge in [0.2, 0.25) is 0 Å². The summed E-state index contributed by atoms with van der Waals surface area (Å²) in [5.74, 6) is 1.47. The molecule has 1 aliphatic carbocycles. The molecule has 0 radical (unpaired) electrons. The number of hydrogen-bond acceptors (Lipinski definition) is 1. The van der Waals surface area contributed by atoms with Crippen molar-refractivity contribution in [1.29, 1.82) is 0 Å². The fourth-order valence-corrected chi connectivity index (χ4v) is 3.07. The normalized spacial score (nSPS) is 18.9. The Morgan fingerprint density at radius 3 is 2.75 bits per heavy atom. The molecule has 16 heavy (non-hydrogen) atoms. The van der Waals surface area contributed by atoms with E-state index in [0.29, 0.717) is 5.92 Å². The van der Waals surface area contributed by atoms with Crippen molar-refractivity contribution in [3.8, 4) is 0 Å². The predicted molar refractivity (Wildman–Crippen MR) is 70.1 cm³/mol. The Morgan fingerprint density at radius 2 is 2.12 bits per heavy atom. The molecule has 1 N–H and O–H groups in total. The Hall–Kier alpha value is -0.530. The van der Waals surface area contributed by atoms with Crippen LogP contribution < -0.4 is 5.32 Å². The molecule has 0 aromatic heterocycles. The van der Waals surface area contributed by atoms with Gasteiger partial charge in [0.25, 0.3) is 0 Å². The fraction of sp³-hybridized carbons (Fsp3) is 0.571. The second-order valence-corrected chi connectivity index (χ2v) is 5.20. The maximum absolute atomic E-state index is 6.08. The van der Waals surface area contributed by atoms with E-state index in [1.54, 1.807) is 0 Å². The maximum Gasteiger partial charge on any atom is 0.0408 e. The van der Waals surface area contributed by atoms with Crippen LogP contribution >= 0.6 is 11.6 Å². The number of nitrogens with one attached hydrogen (secondary N) is 1. The first-order valence-corrected chi connectivity index (χ1v) is 6.59. The van der Waals surface area contributed by atoms with Gasteiger partial charge in [0.05, 0.1) is 0 Å². The highest BCUT2D eigenvalue weighted by molar-refractivity contribution is 6.30. The quantitative estimate of drug-likeness (QED) is 0.839. The van der Waals surface area contributed by atoms with Gasteiger partial charge in [-0.3, -0.25) is 0 Å². The van der Waals surface area contributed by atoms with Gasteiger partial charge < -0.3 is 5.32 Å². The highest BCUT2D eigenvalue weighted by Crippen LogP contribution is 2.37. The van der Waals surface area contributed by atoms with E-state index in [0.717, 1.165) is 17.5 Å². The minimum atomic E-state index is 0.631. The zero-order valence-electron chi connectivity index (χ0n) is 9.88. The molecule has 1 aromatic rings. The third-order valence-corrected chi connectivity index (χ3v) is 3.90. The number of hydrogen-bond donors (Lipinski definition) is 1. The summed E-state index contributed by atoms with van der Waals surface area (Å²) in [5, 5.41) is 4.18. The van der Waals surface area contributed by atoms with Crippen molar-refractivity contribution in [3.63, 3.8) is 0 Å². The zero-order chi connectivity index (χ0) is 11.4. The lowest BCUT2D eigenvalue weighted by Gasteiger charge is -2.23. The van der Waals surface area contributed by atoms with Crippen molar-refractivity contribution in [1.82, 2.24) is 5.32 Å². The molecule has 88 valence electrons. The summed E-state index contributed by atoms with van der Waals surface area (Å²) in [4.78, 5) is 0. The molecule has 2 heteroatoms. The summed E-state index contributed by atoms with van der Waals surface area (Å²) in [6.45, 7) is 1.06. The molecule has 0 spiro atoms. The summed E-state index contributed by atoms with van der Waals surface area (Å²) < 4.78 is 0. The molecular formula is C14H20ClN. The Morgan fingerprint density at radius 1 is 1.38 bits per heavy atom. The molecule has 0 saturated heterocycles. The van der Waals surface area contributed by atoms with Gasteiger partial charge >= 0.3 is 0 Å². The van der Waals surface area contributed by atoms with Gasteiger partial charge in [-0.2, -0.15) is 0 Å². The van der Waals surface area contributed by atoms with Crippen LogP contribution in [-0.2, 0) is 0 Å². The van der Waals surface area contributed by atoms with E-state index in [1.165, 1.54) is 31.2 Å². The lowest BCUT2D eigenvalue weighted by Crippen LogP contribution is -2.22. The first-order valence-electron chi connectivity index (χ1n) is 6.21. The zero-order valence-corrected chi connectivity index (χ0v) is 10.6. The lowest BCUT2D eigenvalue weighted by atomic mass is 9.85. The number of likely N-dealkylation sites (N-methyl/N-ethyl adjacent to an activating group) is 1. The van der Waals surface area contributed by atoms with Crippen molar-refractivity contribution in [2.75, 3.05) is 13.6 Å². The van der Waals surface area contributed by atoms with Crippen LogP contribution in [-0.4, -0.2) is 13.6 Å². The molecule has 1 aromatic carbocycles. The standard InChI is InChI=1S/C14H20ClN/c1-16-10-14(11-5-2-3-6-11)12-7-4-8-13(15)9-12/h4,7-9,11,14,16H,2-3,5-6,10H2,1H3. The SMILES string of the molecule is CNCC(c1cccc(Cl)c1)C1CCCC1. The van der Waals surface area contributed by atoms with Crippen LogP contribution in [0.15, 0.2) is 24.3 Å². The Kier molecular flexibility index (Phi) is 4.25. The second-order valence-electron chi connectivity index (χ2n) is 4.76. The highest BCUT2D eigenvalue weighted by atomic mass is 35.5. The summed E-state index contributed by atoms with van der Waals surface area (Å²) in [6.07, 6.45) is 5.54. The average molecular weight is 238 g/mol. The van der Waals surface area contributed by atoms with E-state index in [2.05, 4.69) is 23.5 Å². The lowest BCUT2D eigenvalue weighted by molar-refractivity contribution is 0.421. The molecule has 0 heterocycles. The van der Waals surface area contributed by atoms with Crippen molar-refractivity contribution < 1.29 is 0 Å². The van der Waals surface area contributed by atoms with Crippen LogP contribution in [0.1, 0.15) is 37.2 Å². The minimum absolute atomic E-state index is 0.631. The van der Waals surface area contributed by atoms with Gasteiger partial charge in [0.15, 0.2) is 0 Å². The summed E-state index contributed by atoms with van der Waals surface area (Å²) in [5.41, 5.74) is 1.40. The first kappa shape index (κ1) is 11.9. The molecule has 1 saturated carbocycles. The molecule has 1 nitrogen and oxygen atoms in total.